The molecule has 1 atom stereocenters. The largest absolute Gasteiger partial charge is 0.481 e. The highest BCUT2D eigenvalue weighted by Gasteiger charge is 2.40. The summed E-state index contributed by atoms with van der Waals surface area (Å²) in [5, 5.41) is 8.88. The Hall–Kier alpha value is -2.37. The topological polar surface area (TPSA) is 77.9 Å². The number of anilines is 1. The number of aliphatic carboxylic acids is 1. The first-order chi connectivity index (χ1) is 9.90. The van der Waals surface area contributed by atoms with Gasteiger partial charge < -0.3 is 10.0 Å². The molecule has 0 spiro atoms. The average Bonchev–Trinajstić information content (AvgIpc) is 2.69. The Morgan fingerprint density at radius 2 is 1.95 bits per heavy atom. The number of likely N-dealkylation sites (tertiary alicyclic amines) is 1. The minimum Gasteiger partial charge on any atom is -0.481 e. The molecular weight excluding hydrogens is 272 g/mol. The molecule has 1 aromatic rings. The summed E-state index contributed by atoms with van der Waals surface area (Å²) >= 11 is 0. The number of imide groups is 1. The number of rotatable bonds is 5. The maximum atomic E-state index is 12.2. The fourth-order valence-electron chi connectivity index (χ4n) is 2.40. The lowest BCUT2D eigenvalue weighted by molar-refractivity contribution is -0.138. The summed E-state index contributed by atoms with van der Waals surface area (Å²) in [5.41, 5.74) is 1.83. The molecule has 1 aliphatic rings. The van der Waals surface area contributed by atoms with Gasteiger partial charge in [0.25, 0.3) is 5.91 Å². The van der Waals surface area contributed by atoms with E-state index in [2.05, 4.69) is 0 Å². The fourth-order valence-corrected chi connectivity index (χ4v) is 2.40. The number of carbonyl (C=O) groups is 3. The van der Waals surface area contributed by atoms with Crippen LogP contribution in [0.4, 0.5) is 5.69 Å². The minimum absolute atomic E-state index is 0.0861. The van der Waals surface area contributed by atoms with Crippen molar-refractivity contribution in [3.63, 3.8) is 0 Å². The van der Waals surface area contributed by atoms with Gasteiger partial charge in [-0.1, -0.05) is 17.7 Å². The number of amides is 2. The molecule has 1 heterocycles. The number of hydrogen-bond donors (Lipinski definition) is 1. The lowest BCUT2D eigenvalue weighted by Gasteiger charge is -2.29. The van der Waals surface area contributed by atoms with Gasteiger partial charge in [0.1, 0.15) is 6.04 Å². The quantitative estimate of drug-likeness (QED) is 0.820. The van der Waals surface area contributed by atoms with Crippen molar-refractivity contribution in [3.05, 3.63) is 29.8 Å². The summed E-state index contributed by atoms with van der Waals surface area (Å²) in [6, 6.07) is 6.85. The standard InChI is InChI=1S/C15H18N2O4/c1-10-3-5-11(6-4-10)17(8-7-14(19)20)12-9-13(18)16(2)15(12)21/h3-6,12H,7-9H2,1-2H3,(H,19,20). The van der Waals surface area contributed by atoms with Gasteiger partial charge in [0.15, 0.2) is 0 Å². The number of benzene rings is 1. The van der Waals surface area contributed by atoms with Gasteiger partial charge in [-0.25, -0.2) is 0 Å². The maximum absolute atomic E-state index is 12.2. The predicted molar refractivity (Wildman–Crippen MR) is 77.0 cm³/mol. The van der Waals surface area contributed by atoms with Crippen LogP contribution in [0.25, 0.3) is 0 Å². The van der Waals surface area contributed by atoms with Crippen LogP contribution in [0.1, 0.15) is 18.4 Å². The first kappa shape index (κ1) is 15.0. The van der Waals surface area contributed by atoms with Crippen molar-refractivity contribution in [2.75, 3.05) is 18.5 Å². The molecule has 1 N–H and O–H groups in total. The number of aryl methyl sites for hydroxylation is 1. The van der Waals surface area contributed by atoms with Crippen LogP contribution < -0.4 is 4.90 Å². The van der Waals surface area contributed by atoms with Gasteiger partial charge in [-0.2, -0.15) is 0 Å². The molecule has 6 heteroatoms. The van der Waals surface area contributed by atoms with Crippen molar-refractivity contribution in [2.24, 2.45) is 0 Å². The van der Waals surface area contributed by atoms with E-state index in [-0.39, 0.29) is 31.2 Å². The van der Waals surface area contributed by atoms with E-state index < -0.39 is 12.0 Å². The Bertz CT molecular complexity index is 568. The van der Waals surface area contributed by atoms with E-state index in [0.717, 1.165) is 16.2 Å². The molecule has 1 fully saturated rings. The molecule has 1 aliphatic heterocycles. The van der Waals surface area contributed by atoms with E-state index in [4.69, 9.17) is 5.11 Å². The molecule has 0 radical (unpaired) electrons. The molecule has 0 saturated carbocycles. The molecular formula is C15H18N2O4. The number of carboxylic acid groups (broad SMARTS) is 1. The first-order valence-corrected chi connectivity index (χ1v) is 6.75. The summed E-state index contributed by atoms with van der Waals surface area (Å²) < 4.78 is 0. The molecule has 2 rings (SSSR count). The lowest BCUT2D eigenvalue weighted by atomic mass is 10.1. The third-order valence-electron chi connectivity index (χ3n) is 3.67. The highest BCUT2D eigenvalue weighted by atomic mass is 16.4. The van der Waals surface area contributed by atoms with Crippen molar-refractivity contribution < 1.29 is 19.5 Å². The zero-order chi connectivity index (χ0) is 15.6. The number of carboxylic acids is 1. The molecule has 6 nitrogen and oxygen atoms in total. The Morgan fingerprint density at radius 3 is 2.43 bits per heavy atom. The van der Waals surface area contributed by atoms with Crippen molar-refractivity contribution in [3.8, 4) is 0 Å². The second-order valence-corrected chi connectivity index (χ2v) is 5.18. The smallest absolute Gasteiger partial charge is 0.305 e. The Morgan fingerprint density at radius 1 is 1.33 bits per heavy atom. The number of carbonyl (C=O) groups excluding carboxylic acids is 2. The highest BCUT2D eigenvalue weighted by molar-refractivity contribution is 6.06. The molecule has 1 aromatic carbocycles. The monoisotopic (exact) mass is 290 g/mol. The van der Waals surface area contributed by atoms with Crippen LogP contribution in [0.5, 0.6) is 0 Å². The summed E-state index contributed by atoms with van der Waals surface area (Å²) in [6.07, 6.45) is -0.00160. The van der Waals surface area contributed by atoms with E-state index in [1.807, 2.05) is 31.2 Å². The minimum atomic E-state index is -0.933. The molecule has 0 bridgehead atoms. The van der Waals surface area contributed by atoms with E-state index >= 15 is 0 Å². The Kier molecular flexibility index (Phi) is 4.26. The average molecular weight is 290 g/mol. The zero-order valence-corrected chi connectivity index (χ0v) is 12.1. The van der Waals surface area contributed by atoms with Gasteiger partial charge >= 0.3 is 5.97 Å². The van der Waals surface area contributed by atoms with E-state index in [9.17, 15) is 14.4 Å². The van der Waals surface area contributed by atoms with Crippen LogP contribution in [-0.2, 0) is 14.4 Å². The first-order valence-electron chi connectivity index (χ1n) is 6.75. The lowest BCUT2D eigenvalue weighted by Crippen LogP contribution is -2.42. The van der Waals surface area contributed by atoms with Crippen molar-refractivity contribution in [1.29, 1.82) is 0 Å². The van der Waals surface area contributed by atoms with Crippen LogP contribution in [0.3, 0.4) is 0 Å². The molecule has 0 aromatic heterocycles. The summed E-state index contributed by atoms with van der Waals surface area (Å²) in [4.78, 5) is 37.5. The van der Waals surface area contributed by atoms with Crippen molar-refractivity contribution in [1.82, 2.24) is 4.90 Å². The van der Waals surface area contributed by atoms with Crippen molar-refractivity contribution >= 4 is 23.5 Å². The van der Waals surface area contributed by atoms with Gasteiger partial charge in [-0.3, -0.25) is 19.3 Å². The predicted octanol–water partition coefficient (Wildman–Crippen LogP) is 1.03. The van der Waals surface area contributed by atoms with E-state index in [1.54, 1.807) is 4.90 Å². The second kappa shape index (κ2) is 5.95. The third-order valence-corrected chi connectivity index (χ3v) is 3.67. The Labute approximate surface area is 123 Å². The van der Waals surface area contributed by atoms with Gasteiger partial charge in [0.2, 0.25) is 5.91 Å². The van der Waals surface area contributed by atoms with Crippen LogP contribution >= 0.6 is 0 Å². The van der Waals surface area contributed by atoms with Crippen LogP contribution in [-0.4, -0.2) is 47.4 Å². The molecule has 0 aliphatic carbocycles. The number of hydrogen-bond acceptors (Lipinski definition) is 4. The van der Waals surface area contributed by atoms with Gasteiger partial charge in [0, 0.05) is 19.3 Å². The summed E-state index contributed by atoms with van der Waals surface area (Å²) in [7, 11) is 1.45. The normalized spacial score (nSPS) is 18.2. The number of nitrogens with zero attached hydrogens (tertiary/aromatic N) is 2. The molecule has 112 valence electrons. The fraction of sp³-hybridized carbons (Fsp3) is 0.400. The molecule has 21 heavy (non-hydrogen) atoms. The van der Waals surface area contributed by atoms with Crippen LogP contribution in [0, 0.1) is 6.92 Å². The summed E-state index contributed by atoms with van der Waals surface area (Å²) in [5.74, 6) is -1.46. The number of likely N-dealkylation sites (N-methyl/N-ethyl adjacent to an activating group) is 1. The van der Waals surface area contributed by atoms with Gasteiger partial charge in [-0.05, 0) is 19.1 Å². The molecule has 2 amide bonds. The van der Waals surface area contributed by atoms with Gasteiger partial charge in [0.05, 0.1) is 12.8 Å². The third kappa shape index (κ3) is 3.21. The van der Waals surface area contributed by atoms with Gasteiger partial charge in [-0.15, -0.1) is 0 Å². The maximum Gasteiger partial charge on any atom is 0.305 e. The SMILES string of the molecule is Cc1ccc(N(CCC(=O)O)C2CC(=O)N(C)C2=O)cc1. The molecule has 1 saturated heterocycles. The highest BCUT2D eigenvalue weighted by Crippen LogP contribution is 2.24. The second-order valence-electron chi connectivity index (χ2n) is 5.18. The Balaban J connectivity index is 2.28. The van der Waals surface area contributed by atoms with Crippen molar-refractivity contribution in [2.45, 2.75) is 25.8 Å². The summed E-state index contributed by atoms with van der Waals surface area (Å²) in [6.45, 7) is 2.14. The zero-order valence-electron chi connectivity index (χ0n) is 12.1. The van der Waals surface area contributed by atoms with Crippen LogP contribution in [0.15, 0.2) is 24.3 Å². The van der Waals surface area contributed by atoms with Crippen LogP contribution in [0.2, 0.25) is 0 Å². The molecule has 1 unspecified atom stereocenters. The van der Waals surface area contributed by atoms with E-state index in [1.165, 1.54) is 7.05 Å². The van der Waals surface area contributed by atoms with E-state index in [0.29, 0.717) is 0 Å².